The number of aliphatic carboxylic acids is 1. The second kappa shape index (κ2) is 14.6. The molecule has 1 heterocycles. The molecule has 4 unspecified atom stereocenters. The average Bonchev–Trinajstić information content (AvgIpc) is 3.37. The van der Waals surface area contributed by atoms with Crippen molar-refractivity contribution in [2.45, 2.75) is 49.9 Å². The Hall–Kier alpha value is -3.91. The van der Waals surface area contributed by atoms with E-state index < -0.39 is 53.8 Å². The van der Waals surface area contributed by atoms with E-state index in [0.717, 1.165) is 5.56 Å². The largest absolute Gasteiger partial charge is 0.480 e. The van der Waals surface area contributed by atoms with Crippen molar-refractivity contribution in [2.75, 3.05) is 5.75 Å². The molecule has 0 aliphatic heterocycles. The summed E-state index contributed by atoms with van der Waals surface area (Å²) in [5, 5.41) is 16.7. The number of carboxylic acid groups (broad SMARTS) is 1. The van der Waals surface area contributed by atoms with Crippen molar-refractivity contribution >= 4 is 42.2 Å². The first-order valence-electron chi connectivity index (χ1n) is 11.4. The molecule has 0 aliphatic rings. The summed E-state index contributed by atoms with van der Waals surface area (Å²) >= 11 is 4.09. The number of amides is 4. The summed E-state index contributed by atoms with van der Waals surface area (Å²) < 4.78 is 0. The van der Waals surface area contributed by atoms with E-state index in [4.69, 9.17) is 11.5 Å². The molecule has 14 heteroatoms. The first-order valence-corrected chi connectivity index (χ1v) is 12.0. The number of aromatic nitrogens is 2. The summed E-state index contributed by atoms with van der Waals surface area (Å²) in [4.78, 5) is 67.8. The number of benzene rings is 1. The summed E-state index contributed by atoms with van der Waals surface area (Å²) in [6, 6.07) is 4.22. The van der Waals surface area contributed by atoms with Gasteiger partial charge < -0.3 is 37.5 Å². The van der Waals surface area contributed by atoms with Crippen LogP contribution in [-0.2, 0) is 36.8 Å². The molecule has 1 aromatic heterocycles. The maximum Gasteiger partial charge on any atom is 0.326 e. The van der Waals surface area contributed by atoms with Crippen LogP contribution in [0.2, 0.25) is 0 Å². The van der Waals surface area contributed by atoms with Gasteiger partial charge in [0.1, 0.15) is 18.1 Å². The highest BCUT2D eigenvalue weighted by Gasteiger charge is 2.30. The van der Waals surface area contributed by atoms with Crippen LogP contribution in [0.5, 0.6) is 0 Å². The molecule has 4 amide bonds. The van der Waals surface area contributed by atoms with Crippen LogP contribution >= 0.6 is 12.6 Å². The number of hydrogen-bond acceptors (Lipinski definition) is 8. The van der Waals surface area contributed by atoms with E-state index >= 15 is 0 Å². The zero-order valence-electron chi connectivity index (χ0n) is 19.9. The number of nitrogens with zero attached hydrogens (tertiary/aromatic N) is 1. The lowest BCUT2D eigenvalue weighted by molar-refractivity contribution is -0.142. The predicted molar refractivity (Wildman–Crippen MR) is 136 cm³/mol. The molecule has 0 bridgehead atoms. The smallest absolute Gasteiger partial charge is 0.326 e. The predicted octanol–water partition coefficient (Wildman–Crippen LogP) is -1.74. The SMILES string of the molecule is NC(=O)CCC(NC(=O)C(CS)NC(=O)C(Cc1ccccc1)NC(=O)C(N)Cc1cnc[nH]1)C(=O)O. The molecule has 1 aromatic carbocycles. The molecule has 2 aromatic rings. The van der Waals surface area contributed by atoms with Crippen molar-refractivity contribution in [3.05, 3.63) is 54.1 Å². The fourth-order valence-corrected chi connectivity index (χ4v) is 3.60. The van der Waals surface area contributed by atoms with Crippen LogP contribution in [0.25, 0.3) is 0 Å². The second-order valence-electron chi connectivity index (χ2n) is 8.29. The van der Waals surface area contributed by atoms with E-state index in [2.05, 4.69) is 38.5 Å². The number of aromatic amines is 1. The second-order valence-corrected chi connectivity index (χ2v) is 8.65. The molecule has 200 valence electrons. The topological polar surface area (TPSA) is 222 Å². The van der Waals surface area contributed by atoms with E-state index in [-0.39, 0.29) is 31.4 Å². The van der Waals surface area contributed by atoms with Crippen molar-refractivity contribution in [3.8, 4) is 0 Å². The van der Waals surface area contributed by atoms with Gasteiger partial charge in [-0.05, 0) is 12.0 Å². The highest BCUT2D eigenvalue weighted by atomic mass is 32.1. The Morgan fingerprint density at radius 1 is 0.946 bits per heavy atom. The minimum atomic E-state index is -1.39. The lowest BCUT2D eigenvalue weighted by Crippen LogP contribution is -2.58. The number of carboxylic acids is 1. The van der Waals surface area contributed by atoms with Crippen molar-refractivity contribution in [1.82, 2.24) is 25.9 Å². The molecule has 0 saturated carbocycles. The number of carbonyl (C=O) groups is 5. The Balaban J connectivity index is 2.11. The normalized spacial score (nSPS) is 14.0. The van der Waals surface area contributed by atoms with Gasteiger partial charge in [-0.1, -0.05) is 30.3 Å². The van der Waals surface area contributed by atoms with Gasteiger partial charge in [-0.3, -0.25) is 19.2 Å². The number of primary amides is 1. The number of nitrogens with one attached hydrogen (secondary N) is 4. The Morgan fingerprint density at radius 2 is 1.57 bits per heavy atom. The third-order valence-corrected chi connectivity index (χ3v) is 5.72. The zero-order valence-corrected chi connectivity index (χ0v) is 20.8. The molecule has 0 radical (unpaired) electrons. The van der Waals surface area contributed by atoms with Gasteiger partial charge in [0.15, 0.2) is 0 Å². The molecule has 0 fully saturated rings. The van der Waals surface area contributed by atoms with Gasteiger partial charge >= 0.3 is 5.97 Å². The summed E-state index contributed by atoms with van der Waals surface area (Å²) in [7, 11) is 0. The van der Waals surface area contributed by atoms with Gasteiger partial charge in [0.05, 0.1) is 12.4 Å². The summed E-state index contributed by atoms with van der Waals surface area (Å²) in [6.45, 7) is 0. The number of nitrogens with two attached hydrogens (primary N) is 2. The molecule has 2 rings (SSSR count). The lowest BCUT2D eigenvalue weighted by atomic mass is 10.0. The molecule has 0 aliphatic carbocycles. The van der Waals surface area contributed by atoms with Crippen molar-refractivity contribution in [2.24, 2.45) is 11.5 Å². The maximum absolute atomic E-state index is 13.2. The first kappa shape index (κ1) is 29.3. The van der Waals surface area contributed by atoms with Crippen LogP contribution < -0.4 is 27.4 Å². The average molecular weight is 534 g/mol. The highest BCUT2D eigenvalue weighted by Crippen LogP contribution is 2.06. The fourth-order valence-electron chi connectivity index (χ4n) is 3.35. The molecular weight excluding hydrogens is 502 g/mol. The first-order chi connectivity index (χ1) is 17.6. The van der Waals surface area contributed by atoms with Gasteiger partial charge in [0.2, 0.25) is 23.6 Å². The van der Waals surface area contributed by atoms with Gasteiger partial charge in [0, 0.05) is 36.9 Å². The third-order valence-electron chi connectivity index (χ3n) is 5.36. The quantitative estimate of drug-likeness (QED) is 0.122. The van der Waals surface area contributed by atoms with Gasteiger partial charge in [-0.2, -0.15) is 12.6 Å². The molecule has 13 nitrogen and oxygen atoms in total. The van der Waals surface area contributed by atoms with E-state index in [1.165, 1.54) is 12.5 Å². The maximum atomic E-state index is 13.2. The minimum absolute atomic E-state index is 0.104. The van der Waals surface area contributed by atoms with Gasteiger partial charge in [-0.15, -0.1) is 0 Å². The highest BCUT2D eigenvalue weighted by molar-refractivity contribution is 7.80. The number of imidazole rings is 1. The van der Waals surface area contributed by atoms with Crippen LogP contribution in [-0.4, -0.2) is 74.6 Å². The van der Waals surface area contributed by atoms with Crippen molar-refractivity contribution < 1.29 is 29.1 Å². The van der Waals surface area contributed by atoms with E-state index in [0.29, 0.717) is 5.69 Å². The number of thiol groups is 1. The Kier molecular flexibility index (Phi) is 11.6. The number of H-pyrrole nitrogens is 1. The summed E-state index contributed by atoms with van der Waals surface area (Å²) in [5.74, 6) is -4.34. The van der Waals surface area contributed by atoms with Crippen LogP contribution in [0.4, 0.5) is 0 Å². The van der Waals surface area contributed by atoms with Crippen LogP contribution in [0.1, 0.15) is 24.1 Å². The molecule has 0 spiro atoms. The van der Waals surface area contributed by atoms with Crippen LogP contribution in [0.15, 0.2) is 42.9 Å². The number of carbonyl (C=O) groups excluding carboxylic acids is 4. The van der Waals surface area contributed by atoms with Crippen LogP contribution in [0, 0.1) is 0 Å². The summed E-state index contributed by atoms with van der Waals surface area (Å²) in [5.41, 5.74) is 12.4. The van der Waals surface area contributed by atoms with Crippen LogP contribution in [0.3, 0.4) is 0 Å². The molecule has 4 atom stereocenters. The van der Waals surface area contributed by atoms with E-state index in [1.54, 1.807) is 30.3 Å². The molecule has 9 N–H and O–H groups in total. The Morgan fingerprint density at radius 3 is 2.14 bits per heavy atom. The fraction of sp³-hybridized carbons (Fsp3) is 0.391. The Labute approximate surface area is 218 Å². The van der Waals surface area contributed by atoms with E-state index in [9.17, 15) is 29.1 Å². The third kappa shape index (κ3) is 9.93. The molecular formula is C23H31N7O6S. The Bertz CT molecular complexity index is 1070. The van der Waals surface area contributed by atoms with E-state index in [1.807, 2.05) is 0 Å². The molecule has 37 heavy (non-hydrogen) atoms. The van der Waals surface area contributed by atoms with Gasteiger partial charge in [-0.25, -0.2) is 9.78 Å². The molecule has 0 saturated heterocycles. The standard InChI is InChI=1S/C23H31N7O6S/c24-15(9-14-10-26-12-27-14)20(32)29-17(8-13-4-2-1-3-5-13)21(33)30-18(11-37)22(34)28-16(23(35)36)6-7-19(25)31/h1-5,10,12,15-18,37H,6-9,11,24H2,(H2,25,31)(H,26,27)(H,28,34)(H,29,32)(H,30,33)(H,35,36). The van der Waals surface area contributed by atoms with Gasteiger partial charge in [0.25, 0.3) is 0 Å². The number of rotatable bonds is 15. The summed E-state index contributed by atoms with van der Waals surface area (Å²) in [6.07, 6.45) is 2.79. The monoisotopic (exact) mass is 533 g/mol. The lowest BCUT2D eigenvalue weighted by Gasteiger charge is -2.24. The minimum Gasteiger partial charge on any atom is -0.480 e. The van der Waals surface area contributed by atoms with Crippen molar-refractivity contribution in [3.63, 3.8) is 0 Å². The zero-order chi connectivity index (χ0) is 27.4. The van der Waals surface area contributed by atoms with Crippen molar-refractivity contribution in [1.29, 1.82) is 0 Å². The number of hydrogen-bond donors (Lipinski definition) is 8.